The lowest BCUT2D eigenvalue weighted by molar-refractivity contribution is 0.0941. The number of hydrazine groups is 1. The van der Waals surface area contributed by atoms with Crippen LogP contribution in [-0.4, -0.2) is 22.4 Å². The molecule has 6 heteroatoms. The fraction of sp³-hybridized carbons (Fsp3) is 0.545. The molecule has 0 spiro atoms. The number of nitrogens with one attached hydrogen (secondary N) is 2. The van der Waals surface area contributed by atoms with Gasteiger partial charge in [0.05, 0.1) is 12.4 Å². The molecule has 0 aliphatic heterocycles. The molecule has 1 aromatic rings. The Hall–Kier alpha value is -1.69. The second-order valence-corrected chi connectivity index (χ2v) is 3.82. The summed E-state index contributed by atoms with van der Waals surface area (Å²) in [5.41, 5.74) is 2.66. The number of carbonyl (C=O) groups is 1. The van der Waals surface area contributed by atoms with E-state index in [9.17, 15) is 4.79 Å². The molecule has 1 aromatic heterocycles. The summed E-state index contributed by atoms with van der Waals surface area (Å²) in [5, 5.41) is 2.85. The van der Waals surface area contributed by atoms with Gasteiger partial charge >= 0.3 is 0 Å². The molecule has 1 rings (SSSR count). The molecule has 0 bridgehead atoms. The van der Waals surface area contributed by atoms with E-state index in [2.05, 4.69) is 34.6 Å². The molecule has 0 aromatic carbocycles. The van der Waals surface area contributed by atoms with Gasteiger partial charge in [-0.05, 0) is 5.92 Å². The summed E-state index contributed by atoms with van der Waals surface area (Å²) in [6.45, 7) is 4.90. The van der Waals surface area contributed by atoms with E-state index in [1.165, 1.54) is 12.4 Å². The predicted molar refractivity (Wildman–Crippen MR) is 66.2 cm³/mol. The quantitative estimate of drug-likeness (QED) is 0.505. The molecule has 6 nitrogen and oxygen atoms in total. The molecule has 0 fully saturated rings. The SMILES string of the molecule is CCC(CC)CNC(=O)c1cnc(NN)cn1. The number of hydrogen-bond acceptors (Lipinski definition) is 5. The van der Waals surface area contributed by atoms with E-state index in [0.29, 0.717) is 24.0 Å². The Kier molecular flexibility index (Phi) is 5.35. The van der Waals surface area contributed by atoms with Crippen LogP contribution in [0.25, 0.3) is 0 Å². The molecule has 0 saturated carbocycles. The van der Waals surface area contributed by atoms with Crippen molar-refractivity contribution in [1.82, 2.24) is 15.3 Å². The molecule has 1 amide bonds. The Bertz CT molecular complexity index is 347. The standard InChI is InChI=1S/C11H19N5O/c1-3-8(4-2)5-15-11(17)9-6-14-10(16-12)7-13-9/h6-8H,3-5,12H2,1-2H3,(H,14,16)(H,15,17). The lowest BCUT2D eigenvalue weighted by Crippen LogP contribution is -2.29. The number of anilines is 1. The van der Waals surface area contributed by atoms with Crippen LogP contribution in [0.15, 0.2) is 12.4 Å². The molecule has 0 aliphatic rings. The first-order chi connectivity index (χ1) is 8.21. The smallest absolute Gasteiger partial charge is 0.271 e. The van der Waals surface area contributed by atoms with E-state index >= 15 is 0 Å². The fourth-order valence-corrected chi connectivity index (χ4v) is 1.42. The Morgan fingerprint density at radius 1 is 1.35 bits per heavy atom. The number of amides is 1. The van der Waals surface area contributed by atoms with Crippen molar-refractivity contribution >= 4 is 11.7 Å². The molecule has 94 valence electrons. The minimum atomic E-state index is -0.201. The van der Waals surface area contributed by atoms with Gasteiger partial charge in [-0.2, -0.15) is 0 Å². The summed E-state index contributed by atoms with van der Waals surface area (Å²) in [6.07, 6.45) is 4.93. The molecular weight excluding hydrogens is 218 g/mol. The molecule has 0 unspecified atom stereocenters. The van der Waals surface area contributed by atoms with Crippen LogP contribution in [-0.2, 0) is 0 Å². The highest BCUT2D eigenvalue weighted by Gasteiger charge is 2.10. The summed E-state index contributed by atoms with van der Waals surface area (Å²) >= 11 is 0. The molecule has 0 atom stereocenters. The van der Waals surface area contributed by atoms with Crippen LogP contribution in [0.1, 0.15) is 37.2 Å². The number of nitrogen functional groups attached to an aromatic ring is 1. The zero-order chi connectivity index (χ0) is 12.7. The number of nitrogens with two attached hydrogens (primary N) is 1. The largest absolute Gasteiger partial charge is 0.350 e. The Labute approximate surface area is 101 Å². The van der Waals surface area contributed by atoms with Crippen LogP contribution in [0.2, 0.25) is 0 Å². The molecule has 17 heavy (non-hydrogen) atoms. The first kappa shape index (κ1) is 13.4. The second-order valence-electron chi connectivity index (χ2n) is 3.82. The normalized spacial score (nSPS) is 10.4. The molecule has 1 heterocycles. The van der Waals surface area contributed by atoms with Gasteiger partial charge in [0.25, 0.3) is 5.91 Å². The molecule has 0 saturated heterocycles. The van der Waals surface area contributed by atoms with E-state index in [1.54, 1.807) is 0 Å². The molecule has 0 radical (unpaired) electrons. The van der Waals surface area contributed by atoms with Crippen molar-refractivity contribution in [2.45, 2.75) is 26.7 Å². The second kappa shape index (κ2) is 6.80. The average Bonchev–Trinajstić information content (AvgIpc) is 2.39. The van der Waals surface area contributed by atoms with Gasteiger partial charge < -0.3 is 10.7 Å². The highest BCUT2D eigenvalue weighted by Crippen LogP contribution is 2.05. The Morgan fingerprint density at radius 2 is 2.06 bits per heavy atom. The lowest BCUT2D eigenvalue weighted by Gasteiger charge is -2.12. The van der Waals surface area contributed by atoms with Gasteiger partial charge in [0.1, 0.15) is 5.69 Å². The molecule has 0 aliphatic carbocycles. The van der Waals surface area contributed by atoms with E-state index < -0.39 is 0 Å². The van der Waals surface area contributed by atoms with Gasteiger partial charge in [-0.25, -0.2) is 15.8 Å². The first-order valence-corrected chi connectivity index (χ1v) is 5.78. The third kappa shape index (κ3) is 3.99. The van der Waals surface area contributed by atoms with Crippen LogP contribution in [0.4, 0.5) is 5.82 Å². The van der Waals surface area contributed by atoms with Gasteiger partial charge in [-0.3, -0.25) is 4.79 Å². The maximum Gasteiger partial charge on any atom is 0.271 e. The van der Waals surface area contributed by atoms with Crippen LogP contribution < -0.4 is 16.6 Å². The Morgan fingerprint density at radius 3 is 2.53 bits per heavy atom. The van der Waals surface area contributed by atoms with E-state index in [0.717, 1.165) is 12.8 Å². The van der Waals surface area contributed by atoms with Gasteiger partial charge in [-0.15, -0.1) is 0 Å². The summed E-state index contributed by atoms with van der Waals surface area (Å²) in [6, 6.07) is 0. The topological polar surface area (TPSA) is 92.9 Å². The van der Waals surface area contributed by atoms with Crippen molar-refractivity contribution in [2.24, 2.45) is 11.8 Å². The number of nitrogens with zero attached hydrogens (tertiary/aromatic N) is 2. The van der Waals surface area contributed by atoms with Crippen molar-refractivity contribution in [3.8, 4) is 0 Å². The average molecular weight is 237 g/mol. The van der Waals surface area contributed by atoms with Gasteiger partial charge in [0.2, 0.25) is 0 Å². The summed E-state index contributed by atoms with van der Waals surface area (Å²) in [4.78, 5) is 19.6. The van der Waals surface area contributed by atoms with Crippen LogP contribution in [0, 0.1) is 5.92 Å². The van der Waals surface area contributed by atoms with Crippen molar-refractivity contribution in [2.75, 3.05) is 12.0 Å². The maximum atomic E-state index is 11.7. The fourth-order valence-electron chi connectivity index (χ4n) is 1.42. The highest BCUT2D eigenvalue weighted by atomic mass is 16.1. The van der Waals surface area contributed by atoms with E-state index in [4.69, 9.17) is 5.84 Å². The number of hydrogen-bond donors (Lipinski definition) is 3. The van der Waals surface area contributed by atoms with Crippen molar-refractivity contribution in [1.29, 1.82) is 0 Å². The number of rotatable bonds is 6. The lowest BCUT2D eigenvalue weighted by atomic mass is 10.0. The summed E-state index contributed by atoms with van der Waals surface area (Å²) in [5.74, 6) is 5.90. The molecular formula is C11H19N5O. The third-order valence-corrected chi connectivity index (χ3v) is 2.74. The number of carbonyl (C=O) groups excluding carboxylic acids is 1. The minimum Gasteiger partial charge on any atom is -0.350 e. The van der Waals surface area contributed by atoms with Gasteiger partial charge in [0, 0.05) is 6.54 Å². The maximum absolute atomic E-state index is 11.7. The zero-order valence-corrected chi connectivity index (χ0v) is 10.2. The van der Waals surface area contributed by atoms with Gasteiger partial charge in [-0.1, -0.05) is 26.7 Å². The van der Waals surface area contributed by atoms with Crippen molar-refractivity contribution < 1.29 is 4.79 Å². The minimum absolute atomic E-state index is 0.201. The van der Waals surface area contributed by atoms with Crippen LogP contribution in [0.3, 0.4) is 0 Å². The Balaban J connectivity index is 2.51. The zero-order valence-electron chi connectivity index (χ0n) is 10.2. The number of aromatic nitrogens is 2. The predicted octanol–water partition coefficient (Wildman–Crippen LogP) is 0.928. The van der Waals surface area contributed by atoms with E-state index in [-0.39, 0.29) is 5.91 Å². The summed E-state index contributed by atoms with van der Waals surface area (Å²) < 4.78 is 0. The first-order valence-electron chi connectivity index (χ1n) is 5.78. The van der Waals surface area contributed by atoms with Crippen LogP contribution in [0.5, 0.6) is 0 Å². The van der Waals surface area contributed by atoms with E-state index in [1.807, 2.05) is 0 Å². The monoisotopic (exact) mass is 237 g/mol. The third-order valence-electron chi connectivity index (χ3n) is 2.74. The van der Waals surface area contributed by atoms with Crippen LogP contribution >= 0.6 is 0 Å². The highest BCUT2D eigenvalue weighted by molar-refractivity contribution is 5.91. The van der Waals surface area contributed by atoms with Crippen molar-refractivity contribution in [3.05, 3.63) is 18.1 Å². The summed E-state index contributed by atoms with van der Waals surface area (Å²) in [7, 11) is 0. The van der Waals surface area contributed by atoms with Crippen molar-refractivity contribution in [3.63, 3.8) is 0 Å². The van der Waals surface area contributed by atoms with Gasteiger partial charge in [0.15, 0.2) is 5.82 Å². The molecule has 4 N–H and O–H groups in total.